The molecule has 1 amide bonds. The van der Waals surface area contributed by atoms with Crippen molar-refractivity contribution in [3.63, 3.8) is 0 Å². The third-order valence-electron chi connectivity index (χ3n) is 5.31. The van der Waals surface area contributed by atoms with E-state index in [-0.39, 0.29) is 33.6 Å². The molecule has 1 aliphatic rings. The van der Waals surface area contributed by atoms with Crippen LogP contribution >= 0.6 is 11.6 Å². The van der Waals surface area contributed by atoms with Gasteiger partial charge in [0.15, 0.2) is 6.61 Å². The van der Waals surface area contributed by atoms with Crippen molar-refractivity contribution in [1.82, 2.24) is 10.5 Å². The quantitative estimate of drug-likeness (QED) is 0.574. The number of ether oxygens (including phenoxy) is 1. The first-order valence-electron chi connectivity index (χ1n) is 9.90. The Balaban J connectivity index is 1.46. The van der Waals surface area contributed by atoms with Crippen molar-refractivity contribution in [2.24, 2.45) is 0 Å². The average Bonchev–Trinajstić information content (AvgIpc) is 3.13. The number of nitrogens with zero attached hydrogens (tertiary/aromatic N) is 1. The molecule has 4 rings (SSSR count). The van der Waals surface area contributed by atoms with Gasteiger partial charge in [-0.1, -0.05) is 47.1 Å². The highest BCUT2D eigenvalue weighted by Gasteiger charge is 2.27. The molecule has 1 heterocycles. The van der Waals surface area contributed by atoms with Gasteiger partial charge in [-0.15, -0.1) is 0 Å². The molecule has 1 atom stereocenters. The molecule has 3 aromatic rings. The van der Waals surface area contributed by atoms with Crippen LogP contribution in [0.2, 0.25) is 5.02 Å². The van der Waals surface area contributed by atoms with Crippen LogP contribution in [-0.4, -0.2) is 23.6 Å². The van der Waals surface area contributed by atoms with Crippen LogP contribution in [-0.2, 0) is 16.0 Å². The summed E-state index contributed by atoms with van der Waals surface area (Å²) in [4.78, 5) is 25.1. The van der Waals surface area contributed by atoms with Crippen molar-refractivity contribution >= 4 is 23.5 Å². The molecule has 160 valence electrons. The van der Waals surface area contributed by atoms with Crippen molar-refractivity contribution in [2.75, 3.05) is 6.61 Å². The van der Waals surface area contributed by atoms with E-state index >= 15 is 0 Å². The predicted octanol–water partition coefficient (Wildman–Crippen LogP) is 4.79. The van der Waals surface area contributed by atoms with Crippen molar-refractivity contribution in [1.29, 1.82) is 0 Å². The van der Waals surface area contributed by atoms with Gasteiger partial charge in [0.1, 0.15) is 22.8 Å². The lowest BCUT2D eigenvalue weighted by molar-refractivity contribution is -0.125. The zero-order valence-electron chi connectivity index (χ0n) is 16.8. The van der Waals surface area contributed by atoms with Gasteiger partial charge in [0.25, 0.3) is 5.91 Å². The highest BCUT2D eigenvalue weighted by atomic mass is 35.5. The van der Waals surface area contributed by atoms with Gasteiger partial charge in [-0.25, -0.2) is 9.18 Å². The molecule has 0 bridgehead atoms. The highest BCUT2D eigenvalue weighted by Crippen LogP contribution is 2.34. The topological polar surface area (TPSA) is 81.4 Å². The maximum Gasteiger partial charge on any atom is 0.344 e. The lowest BCUT2D eigenvalue weighted by Gasteiger charge is -2.26. The molecule has 6 nitrogen and oxygen atoms in total. The number of esters is 1. The smallest absolute Gasteiger partial charge is 0.344 e. The van der Waals surface area contributed by atoms with Crippen molar-refractivity contribution in [3.8, 4) is 11.3 Å². The molecule has 0 spiro atoms. The van der Waals surface area contributed by atoms with E-state index < -0.39 is 24.3 Å². The second kappa shape index (κ2) is 8.89. The van der Waals surface area contributed by atoms with Crippen LogP contribution in [0, 0.1) is 12.7 Å². The van der Waals surface area contributed by atoms with Crippen molar-refractivity contribution in [2.45, 2.75) is 32.2 Å². The molecule has 0 unspecified atom stereocenters. The largest absolute Gasteiger partial charge is 0.452 e. The highest BCUT2D eigenvalue weighted by molar-refractivity contribution is 6.33. The Labute approximate surface area is 183 Å². The molecule has 0 radical (unpaired) electrons. The number of carbonyl (C=O) groups is 2. The number of aryl methyl sites for hydroxylation is 2. The zero-order chi connectivity index (χ0) is 22.0. The molecular weight excluding hydrogens is 423 g/mol. The first kappa shape index (κ1) is 21.1. The lowest BCUT2D eigenvalue weighted by atomic mass is 9.88. The fourth-order valence-corrected chi connectivity index (χ4v) is 4.10. The monoisotopic (exact) mass is 442 g/mol. The average molecular weight is 443 g/mol. The number of nitrogens with one attached hydrogen (secondary N) is 1. The number of fused-ring (bicyclic) bond motifs is 1. The summed E-state index contributed by atoms with van der Waals surface area (Å²) in [5, 5.41) is 6.77. The molecule has 31 heavy (non-hydrogen) atoms. The molecular formula is C23H20ClFN2O4. The summed E-state index contributed by atoms with van der Waals surface area (Å²) < 4.78 is 24.6. The van der Waals surface area contributed by atoms with E-state index in [1.54, 1.807) is 0 Å². The minimum Gasteiger partial charge on any atom is -0.452 e. The van der Waals surface area contributed by atoms with Crippen LogP contribution in [0.3, 0.4) is 0 Å². The van der Waals surface area contributed by atoms with E-state index in [0.29, 0.717) is 0 Å². The van der Waals surface area contributed by atoms with Gasteiger partial charge >= 0.3 is 5.97 Å². The molecule has 1 aromatic heterocycles. The Morgan fingerprint density at radius 1 is 1.26 bits per heavy atom. The third kappa shape index (κ3) is 4.32. The van der Waals surface area contributed by atoms with Gasteiger partial charge in [-0.3, -0.25) is 4.79 Å². The Kier molecular flexibility index (Phi) is 6.04. The first-order valence-corrected chi connectivity index (χ1v) is 10.3. The number of amides is 1. The van der Waals surface area contributed by atoms with Crippen LogP contribution in [0.4, 0.5) is 4.39 Å². The van der Waals surface area contributed by atoms with Crippen LogP contribution in [0.1, 0.15) is 46.1 Å². The van der Waals surface area contributed by atoms with Gasteiger partial charge in [0.2, 0.25) is 0 Å². The number of aromatic nitrogens is 1. The second-order valence-corrected chi connectivity index (χ2v) is 7.75. The molecule has 0 saturated carbocycles. The van der Waals surface area contributed by atoms with Gasteiger partial charge in [-0.2, -0.15) is 0 Å². The van der Waals surface area contributed by atoms with Gasteiger partial charge in [0, 0.05) is 0 Å². The van der Waals surface area contributed by atoms with E-state index in [2.05, 4.69) is 16.5 Å². The number of halogens is 2. The lowest BCUT2D eigenvalue weighted by Crippen LogP contribution is -2.34. The molecule has 8 heteroatoms. The van der Waals surface area contributed by atoms with Crippen LogP contribution in [0.15, 0.2) is 47.0 Å². The van der Waals surface area contributed by atoms with E-state index in [0.717, 1.165) is 24.8 Å². The Morgan fingerprint density at radius 2 is 2.06 bits per heavy atom. The summed E-state index contributed by atoms with van der Waals surface area (Å²) in [6.07, 6.45) is 2.76. The molecule has 0 saturated heterocycles. The SMILES string of the molecule is Cc1onc(-c2c(F)cccc2Cl)c1C(=O)OCC(=O)N[C@H]1CCCc2ccccc21. The van der Waals surface area contributed by atoms with E-state index in [1.165, 1.54) is 30.7 Å². The number of carbonyl (C=O) groups excluding carboxylic acids is 2. The van der Waals surface area contributed by atoms with Crippen LogP contribution < -0.4 is 5.32 Å². The van der Waals surface area contributed by atoms with Crippen LogP contribution in [0.25, 0.3) is 11.3 Å². The maximum absolute atomic E-state index is 14.3. The fraction of sp³-hybridized carbons (Fsp3) is 0.261. The zero-order valence-corrected chi connectivity index (χ0v) is 17.5. The minimum atomic E-state index is -0.840. The van der Waals surface area contributed by atoms with E-state index in [4.69, 9.17) is 20.9 Å². The Morgan fingerprint density at radius 3 is 2.87 bits per heavy atom. The Bertz CT molecular complexity index is 1120. The van der Waals surface area contributed by atoms with Gasteiger partial charge in [0.05, 0.1) is 16.6 Å². The summed E-state index contributed by atoms with van der Waals surface area (Å²) in [5.41, 5.74) is 2.11. The molecule has 0 fully saturated rings. The van der Waals surface area contributed by atoms with Crippen LogP contribution in [0.5, 0.6) is 0 Å². The maximum atomic E-state index is 14.3. The molecule has 0 aliphatic heterocycles. The summed E-state index contributed by atoms with van der Waals surface area (Å²) in [6, 6.07) is 12.0. The molecule has 1 aliphatic carbocycles. The minimum absolute atomic E-state index is 0.0590. The number of benzene rings is 2. The van der Waals surface area contributed by atoms with Gasteiger partial charge in [-0.05, 0) is 49.4 Å². The second-order valence-electron chi connectivity index (χ2n) is 7.35. The third-order valence-corrected chi connectivity index (χ3v) is 5.62. The summed E-state index contributed by atoms with van der Waals surface area (Å²) in [7, 11) is 0. The number of hydrogen-bond donors (Lipinski definition) is 1. The summed E-state index contributed by atoms with van der Waals surface area (Å²) >= 11 is 6.09. The fourth-order valence-electron chi connectivity index (χ4n) is 3.85. The molecule has 1 N–H and O–H groups in total. The van der Waals surface area contributed by atoms with Crippen molar-refractivity contribution in [3.05, 3.63) is 75.8 Å². The summed E-state index contributed by atoms with van der Waals surface area (Å²) in [6.45, 7) is 1.02. The van der Waals surface area contributed by atoms with Crippen molar-refractivity contribution < 1.29 is 23.2 Å². The Hall–Kier alpha value is -3.19. The standard InChI is InChI=1S/C23H20ClFN2O4/c1-13-20(22(27-31-13)21-16(24)9-5-10-17(21)25)23(29)30-12-19(28)26-18-11-4-7-14-6-2-3-8-15(14)18/h2-3,5-6,8-10,18H,4,7,11-12H2,1H3,(H,26,28)/t18-/m0/s1. The van der Waals surface area contributed by atoms with Gasteiger partial charge < -0.3 is 14.6 Å². The normalized spacial score (nSPS) is 15.3. The summed E-state index contributed by atoms with van der Waals surface area (Å²) in [5.74, 6) is -1.77. The van der Waals surface area contributed by atoms with E-state index in [1.807, 2.05) is 18.2 Å². The molecule has 2 aromatic carbocycles. The predicted molar refractivity (Wildman–Crippen MR) is 112 cm³/mol. The number of hydrogen-bond acceptors (Lipinski definition) is 5. The first-order chi connectivity index (χ1) is 15.0. The number of rotatable bonds is 5. The van der Waals surface area contributed by atoms with E-state index in [9.17, 15) is 14.0 Å².